The second-order valence-corrected chi connectivity index (χ2v) is 6.88. The number of nitrogens with one attached hydrogen (secondary N) is 2. The highest BCUT2D eigenvalue weighted by Gasteiger charge is 2.11. The van der Waals surface area contributed by atoms with Crippen LogP contribution >= 0.6 is 0 Å². The Morgan fingerprint density at radius 1 is 1.00 bits per heavy atom. The fraction of sp³-hybridized carbons (Fsp3) is 0.208. The minimum absolute atomic E-state index is 0.319. The van der Waals surface area contributed by atoms with Gasteiger partial charge < -0.3 is 10.1 Å². The molecule has 0 bridgehead atoms. The molecular weight excluding hydrogens is 378 g/mol. The van der Waals surface area contributed by atoms with Gasteiger partial charge in [-0.2, -0.15) is 5.10 Å². The number of anilines is 1. The van der Waals surface area contributed by atoms with Gasteiger partial charge in [0.05, 0.1) is 12.8 Å². The van der Waals surface area contributed by atoms with Crippen molar-refractivity contribution in [3.05, 3.63) is 71.8 Å². The molecular formula is C24H25N3O3. The third-order valence-electron chi connectivity index (χ3n) is 4.52. The van der Waals surface area contributed by atoms with Crippen LogP contribution in [-0.4, -0.2) is 24.6 Å². The predicted molar refractivity (Wildman–Crippen MR) is 120 cm³/mol. The molecule has 30 heavy (non-hydrogen) atoms. The van der Waals surface area contributed by atoms with Crippen molar-refractivity contribution in [2.45, 2.75) is 26.7 Å². The molecule has 0 saturated heterocycles. The average molecular weight is 403 g/mol. The van der Waals surface area contributed by atoms with Gasteiger partial charge in [-0.15, -0.1) is 0 Å². The number of ether oxygens (including phenoxy) is 1. The number of aryl methyl sites for hydroxylation is 1. The number of para-hydroxylation sites is 1. The third-order valence-corrected chi connectivity index (χ3v) is 4.52. The van der Waals surface area contributed by atoms with Gasteiger partial charge in [0.25, 0.3) is 0 Å². The number of nitrogens with zero attached hydrogens (tertiary/aromatic N) is 1. The quantitative estimate of drug-likeness (QED) is 0.332. The van der Waals surface area contributed by atoms with Gasteiger partial charge in [0.2, 0.25) is 11.8 Å². The van der Waals surface area contributed by atoms with Gasteiger partial charge in [-0.1, -0.05) is 55.5 Å². The smallest absolute Gasteiger partial charge is 0.249 e. The first kappa shape index (κ1) is 21.0. The van der Waals surface area contributed by atoms with Crippen LogP contribution in [-0.2, 0) is 9.59 Å². The number of benzene rings is 3. The highest BCUT2D eigenvalue weighted by atomic mass is 16.5. The predicted octanol–water partition coefficient (Wildman–Crippen LogP) is 4.42. The van der Waals surface area contributed by atoms with Gasteiger partial charge in [-0.3, -0.25) is 9.59 Å². The van der Waals surface area contributed by atoms with E-state index >= 15 is 0 Å². The molecule has 0 atom stereocenters. The first-order valence-electron chi connectivity index (χ1n) is 9.90. The minimum atomic E-state index is -0.492. The summed E-state index contributed by atoms with van der Waals surface area (Å²) < 4.78 is 5.83. The summed E-state index contributed by atoms with van der Waals surface area (Å²) in [6.45, 7) is 4.52. The fourth-order valence-corrected chi connectivity index (χ4v) is 3.01. The number of carbonyl (C=O) groups excluding carboxylic acids is 2. The Hall–Kier alpha value is -3.67. The Balaban J connectivity index is 1.67. The Kier molecular flexibility index (Phi) is 7.16. The van der Waals surface area contributed by atoms with Crippen LogP contribution < -0.4 is 15.5 Å². The van der Waals surface area contributed by atoms with Crippen molar-refractivity contribution in [1.82, 2.24) is 5.43 Å². The van der Waals surface area contributed by atoms with Crippen LogP contribution in [0.5, 0.6) is 5.75 Å². The van der Waals surface area contributed by atoms with Crippen molar-refractivity contribution >= 4 is 34.5 Å². The van der Waals surface area contributed by atoms with E-state index in [1.807, 2.05) is 68.4 Å². The molecule has 3 rings (SSSR count). The molecule has 2 N–H and O–H groups in total. The summed E-state index contributed by atoms with van der Waals surface area (Å²) in [5.41, 5.74) is 4.83. The van der Waals surface area contributed by atoms with Crippen molar-refractivity contribution in [3.63, 3.8) is 0 Å². The lowest BCUT2D eigenvalue weighted by Crippen LogP contribution is -2.24. The Morgan fingerprint density at radius 3 is 2.57 bits per heavy atom. The van der Waals surface area contributed by atoms with E-state index in [0.29, 0.717) is 18.0 Å². The largest absolute Gasteiger partial charge is 0.493 e. The van der Waals surface area contributed by atoms with Gasteiger partial charge in [-0.25, -0.2) is 5.43 Å². The molecule has 0 aromatic heterocycles. The van der Waals surface area contributed by atoms with Gasteiger partial charge in [0.15, 0.2) is 0 Å². The maximum Gasteiger partial charge on any atom is 0.249 e. The molecule has 0 aliphatic heterocycles. The molecule has 6 nitrogen and oxygen atoms in total. The Labute approximate surface area is 175 Å². The van der Waals surface area contributed by atoms with E-state index in [2.05, 4.69) is 15.8 Å². The molecule has 0 unspecified atom stereocenters. The topological polar surface area (TPSA) is 79.8 Å². The second-order valence-electron chi connectivity index (χ2n) is 6.88. The highest BCUT2D eigenvalue weighted by molar-refractivity contribution is 6.05. The SMILES string of the molecule is CCCOc1ccc2ccccc2c1C=NNC(=O)CC(=O)Nc1ccccc1C. The normalized spacial score (nSPS) is 10.9. The van der Waals surface area contributed by atoms with E-state index in [-0.39, 0.29) is 6.42 Å². The van der Waals surface area contributed by atoms with Crippen LogP contribution in [0.2, 0.25) is 0 Å². The van der Waals surface area contributed by atoms with E-state index in [1.54, 1.807) is 12.3 Å². The van der Waals surface area contributed by atoms with Crippen molar-refractivity contribution in [2.24, 2.45) is 5.10 Å². The summed E-state index contributed by atoms with van der Waals surface area (Å²) in [7, 11) is 0. The monoisotopic (exact) mass is 403 g/mol. The lowest BCUT2D eigenvalue weighted by atomic mass is 10.0. The van der Waals surface area contributed by atoms with Crippen molar-refractivity contribution in [2.75, 3.05) is 11.9 Å². The van der Waals surface area contributed by atoms with E-state index in [4.69, 9.17) is 4.74 Å². The second kappa shape index (κ2) is 10.2. The minimum Gasteiger partial charge on any atom is -0.493 e. The van der Waals surface area contributed by atoms with Crippen molar-refractivity contribution < 1.29 is 14.3 Å². The summed E-state index contributed by atoms with van der Waals surface area (Å²) in [4.78, 5) is 24.2. The number of rotatable bonds is 8. The maximum atomic E-state index is 12.1. The molecule has 0 radical (unpaired) electrons. The Morgan fingerprint density at radius 2 is 1.77 bits per heavy atom. The lowest BCUT2D eigenvalue weighted by Gasteiger charge is -2.11. The third kappa shape index (κ3) is 5.44. The Bertz CT molecular complexity index is 1080. The molecule has 2 amide bonds. The molecule has 0 aliphatic carbocycles. The van der Waals surface area contributed by atoms with Gasteiger partial charge in [0, 0.05) is 11.3 Å². The zero-order chi connectivity index (χ0) is 21.3. The molecule has 0 fully saturated rings. The van der Waals surface area contributed by atoms with Crippen LogP contribution in [0.4, 0.5) is 5.69 Å². The highest BCUT2D eigenvalue weighted by Crippen LogP contribution is 2.26. The van der Waals surface area contributed by atoms with Crippen molar-refractivity contribution in [1.29, 1.82) is 0 Å². The molecule has 0 heterocycles. The molecule has 154 valence electrons. The summed E-state index contributed by atoms with van der Waals surface area (Å²) in [5, 5.41) is 8.81. The number of hydrogen-bond acceptors (Lipinski definition) is 4. The molecule has 0 aliphatic rings. The van der Waals surface area contributed by atoms with E-state index < -0.39 is 11.8 Å². The number of hydrazone groups is 1. The fourth-order valence-electron chi connectivity index (χ4n) is 3.01. The van der Waals surface area contributed by atoms with E-state index in [0.717, 1.165) is 28.3 Å². The average Bonchev–Trinajstić information content (AvgIpc) is 2.74. The van der Waals surface area contributed by atoms with Gasteiger partial charge in [-0.05, 0) is 41.8 Å². The first-order valence-corrected chi connectivity index (χ1v) is 9.90. The van der Waals surface area contributed by atoms with Crippen LogP contribution in [0, 0.1) is 6.92 Å². The molecule has 0 saturated carbocycles. The van der Waals surface area contributed by atoms with Crippen LogP contribution in [0.1, 0.15) is 30.9 Å². The van der Waals surface area contributed by atoms with E-state index in [1.165, 1.54) is 0 Å². The van der Waals surface area contributed by atoms with Gasteiger partial charge in [0.1, 0.15) is 12.2 Å². The van der Waals surface area contributed by atoms with Gasteiger partial charge >= 0.3 is 0 Å². The molecule has 3 aromatic rings. The number of fused-ring (bicyclic) bond motifs is 1. The molecule has 6 heteroatoms. The summed E-state index contributed by atoms with van der Waals surface area (Å²) in [6, 6.07) is 19.2. The summed E-state index contributed by atoms with van der Waals surface area (Å²) >= 11 is 0. The molecule has 0 spiro atoms. The number of hydrogen-bond donors (Lipinski definition) is 2. The summed E-state index contributed by atoms with van der Waals surface area (Å²) in [5.74, 6) is -0.187. The van der Waals surface area contributed by atoms with Crippen LogP contribution in [0.25, 0.3) is 10.8 Å². The molecule has 3 aromatic carbocycles. The number of amides is 2. The van der Waals surface area contributed by atoms with Crippen LogP contribution in [0.15, 0.2) is 65.8 Å². The van der Waals surface area contributed by atoms with Crippen molar-refractivity contribution in [3.8, 4) is 5.75 Å². The zero-order valence-electron chi connectivity index (χ0n) is 17.1. The lowest BCUT2D eigenvalue weighted by molar-refractivity contribution is -0.126. The standard InChI is InChI=1S/C24H25N3O3/c1-3-14-30-22-13-12-18-9-5-6-10-19(18)20(22)16-25-27-24(29)15-23(28)26-21-11-7-4-8-17(21)2/h4-13,16H,3,14-15H2,1-2H3,(H,26,28)(H,27,29). The zero-order valence-corrected chi connectivity index (χ0v) is 17.1. The maximum absolute atomic E-state index is 12.1. The van der Waals surface area contributed by atoms with E-state index in [9.17, 15) is 9.59 Å². The van der Waals surface area contributed by atoms with Crippen LogP contribution in [0.3, 0.4) is 0 Å². The first-order chi connectivity index (χ1) is 14.6. The number of carbonyl (C=O) groups is 2. The summed E-state index contributed by atoms with van der Waals surface area (Å²) in [6.07, 6.45) is 2.13.